The smallest absolute Gasteiger partial charge is 0.00235 e. The topological polar surface area (TPSA) is 28.7 Å². The van der Waals surface area contributed by atoms with E-state index in [1.54, 1.807) is 12.4 Å². The van der Waals surface area contributed by atoms with Crippen molar-refractivity contribution >= 4 is 26.2 Å². The van der Waals surface area contributed by atoms with Crippen molar-refractivity contribution in [3.8, 4) is 0 Å². The van der Waals surface area contributed by atoms with Crippen LogP contribution in [0.2, 0.25) is 0 Å². The first-order chi connectivity index (χ1) is 13.1. The fraction of sp³-hybridized carbons (Fsp3) is 0.227. The van der Waals surface area contributed by atoms with Crippen LogP contribution < -0.4 is 0 Å². The Morgan fingerprint density at radius 2 is 1.89 bits per heavy atom. The average Bonchev–Trinajstić information content (AvgIpc) is 3.36. The molecule has 0 amide bonds. The summed E-state index contributed by atoms with van der Waals surface area (Å²) in [5, 5.41) is 0. The minimum atomic E-state index is -0.181. The summed E-state index contributed by atoms with van der Waals surface area (Å²) >= 11 is -0.181. The SMILES string of the molecule is CC(C)(Cc1[c-]cccc1)C1C=Cc2ccccc21.[Cl][Cr][Cl].[c-]1ncc[nH]1. The number of H-pyrrole nitrogens is 1. The van der Waals surface area contributed by atoms with E-state index < -0.39 is 0 Å². The number of benzene rings is 2. The van der Waals surface area contributed by atoms with Crippen molar-refractivity contribution in [1.29, 1.82) is 0 Å². The molecule has 1 atom stereocenters. The van der Waals surface area contributed by atoms with E-state index in [0.717, 1.165) is 6.42 Å². The molecule has 0 fully saturated rings. The maximum Gasteiger partial charge on any atom is -0.00235 e. The second-order valence-electron chi connectivity index (χ2n) is 6.78. The number of fused-ring (bicyclic) bond motifs is 1. The first-order valence-corrected chi connectivity index (χ1v) is 12.1. The van der Waals surface area contributed by atoms with Crippen LogP contribution in [0.25, 0.3) is 6.08 Å². The second kappa shape index (κ2) is 11.4. The summed E-state index contributed by atoms with van der Waals surface area (Å²) in [4.78, 5) is 6.17. The van der Waals surface area contributed by atoms with Gasteiger partial charge in [0.25, 0.3) is 0 Å². The number of allylic oxidation sites excluding steroid dienone is 1. The van der Waals surface area contributed by atoms with Gasteiger partial charge in [-0.05, 0) is 29.3 Å². The summed E-state index contributed by atoms with van der Waals surface area (Å²) in [6, 6.07) is 20.4. The van der Waals surface area contributed by atoms with Crippen LogP contribution in [0.4, 0.5) is 0 Å². The molecule has 0 bridgehead atoms. The molecule has 0 radical (unpaired) electrons. The Kier molecular flexibility index (Phi) is 9.18. The normalized spacial score (nSPS) is 14.4. The van der Waals surface area contributed by atoms with Gasteiger partial charge in [-0.1, -0.05) is 50.3 Å². The van der Waals surface area contributed by atoms with E-state index in [-0.39, 0.29) is 18.8 Å². The Morgan fingerprint density at radius 1 is 1.15 bits per heavy atom. The Hall–Kier alpha value is -1.50. The molecule has 27 heavy (non-hydrogen) atoms. The van der Waals surface area contributed by atoms with E-state index in [1.807, 2.05) is 12.1 Å². The molecule has 0 saturated carbocycles. The van der Waals surface area contributed by atoms with Crippen LogP contribution in [-0.2, 0) is 19.8 Å². The zero-order valence-corrected chi connectivity index (χ0v) is 18.1. The van der Waals surface area contributed by atoms with Crippen LogP contribution in [0.5, 0.6) is 0 Å². The fourth-order valence-electron chi connectivity index (χ4n) is 3.26. The molecule has 2 aromatic carbocycles. The standard InChI is InChI=1S/C19H19.C3H3N2.2ClH.Cr/c1-19(2,14-15-8-4-3-5-9-15)18-13-12-16-10-6-7-11-17(16)18;1-2-5-3-4-1;;;/h3-8,10-13,18H,14H2,1-2H3;1-2H,(H,4,5);2*1H;/q2*-1;;;+2/p-2. The summed E-state index contributed by atoms with van der Waals surface area (Å²) in [7, 11) is 9.65. The predicted octanol–water partition coefficient (Wildman–Crippen LogP) is 6.45. The number of nitrogens with zero attached hydrogens (tertiary/aromatic N) is 1. The van der Waals surface area contributed by atoms with Crippen LogP contribution in [-0.4, -0.2) is 9.97 Å². The molecular weight excluding hydrogens is 415 g/mol. The van der Waals surface area contributed by atoms with Gasteiger partial charge in [0.05, 0.1) is 0 Å². The molecule has 1 N–H and O–H groups in total. The van der Waals surface area contributed by atoms with Crippen molar-refractivity contribution in [3.05, 3.63) is 96.1 Å². The molecule has 0 saturated heterocycles. The summed E-state index contributed by atoms with van der Waals surface area (Å²) < 4.78 is 0. The maximum atomic E-state index is 4.83. The van der Waals surface area contributed by atoms with Gasteiger partial charge >= 0.3 is 33.5 Å². The first-order valence-electron chi connectivity index (χ1n) is 8.56. The van der Waals surface area contributed by atoms with Crippen LogP contribution in [0.15, 0.2) is 67.0 Å². The molecule has 5 heteroatoms. The summed E-state index contributed by atoms with van der Waals surface area (Å²) in [6.07, 6.45) is 11.5. The Bertz CT molecular complexity index is 785. The largest absolute Gasteiger partial charge is 0.467 e. The molecule has 1 heterocycles. The minimum absolute atomic E-state index is 0.181. The van der Waals surface area contributed by atoms with Crippen LogP contribution >= 0.6 is 20.1 Å². The number of imidazole rings is 1. The summed E-state index contributed by atoms with van der Waals surface area (Å²) in [5.41, 5.74) is 4.34. The number of rotatable bonds is 3. The molecule has 1 aromatic heterocycles. The van der Waals surface area contributed by atoms with Crippen LogP contribution in [0.1, 0.15) is 36.5 Å². The second-order valence-corrected chi connectivity index (χ2v) is 8.88. The van der Waals surface area contributed by atoms with Gasteiger partial charge in [-0.25, -0.2) is 0 Å². The Morgan fingerprint density at radius 3 is 2.48 bits per heavy atom. The number of halogens is 2. The van der Waals surface area contributed by atoms with Gasteiger partial charge in [-0.15, -0.1) is 12.4 Å². The molecule has 1 unspecified atom stereocenters. The maximum absolute atomic E-state index is 4.83. The predicted molar refractivity (Wildman–Crippen MR) is 110 cm³/mol. The number of hydrogen-bond donors (Lipinski definition) is 1. The molecule has 1 aliphatic rings. The molecule has 1 aliphatic carbocycles. The summed E-state index contributed by atoms with van der Waals surface area (Å²) in [5.74, 6) is 0.498. The molecule has 4 rings (SSSR count). The minimum Gasteiger partial charge on any atom is -0.467 e. The third-order valence-corrected chi connectivity index (χ3v) is 4.42. The van der Waals surface area contributed by atoms with E-state index >= 15 is 0 Å². The Balaban J connectivity index is 0.000000274. The van der Waals surface area contributed by atoms with E-state index in [0.29, 0.717) is 5.92 Å². The zero-order chi connectivity index (χ0) is 19.5. The van der Waals surface area contributed by atoms with Crippen LogP contribution in [0, 0.1) is 17.8 Å². The van der Waals surface area contributed by atoms with Gasteiger partial charge in [0.2, 0.25) is 0 Å². The monoisotopic (exact) mass is 436 g/mol. The molecule has 3 aromatic rings. The number of aromatic amines is 1. The number of nitrogens with one attached hydrogen (secondary N) is 1. The average molecular weight is 437 g/mol. The van der Waals surface area contributed by atoms with Crippen LogP contribution in [0.3, 0.4) is 0 Å². The van der Waals surface area contributed by atoms with Gasteiger partial charge in [0.1, 0.15) is 0 Å². The summed E-state index contributed by atoms with van der Waals surface area (Å²) in [6.45, 7) is 4.70. The van der Waals surface area contributed by atoms with Gasteiger partial charge in [-0.2, -0.15) is 35.9 Å². The zero-order valence-electron chi connectivity index (χ0n) is 15.3. The van der Waals surface area contributed by atoms with Crippen molar-refractivity contribution in [2.24, 2.45) is 5.41 Å². The molecule has 2 nitrogen and oxygen atoms in total. The number of hydrogen-bond acceptors (Lipinski definition) is 1. The van der Waals surface area contributed by atoms with Crippen molar-refractivity contribution in [3.63, 3.8) is 0 Å². The fourth-order valence-corrected chi connectivity index (χ4v) is 3.26. The molecule has 0 aliphatic heterocycles. The van der Waals surface area contributed by atoms with Crippen molar-refractivity contribution in [2.75, 3.05) is 0 Å². The van der Waals surface area contributed by atoms with Gasteiger partial charge < -0.3 is 9.97 Å². The van der Waals surface area contributed by atoms with E-state index in [2.05, 4.69) is 84.8 Å². The quantitative estimate of drug-likeness (QED) is 0.469. The Labute approximate surface area is 176 Å². The van der Waals surface area contributed by atoms with Gasteiger partial charge in [0, 0.05) is 5.92 Å². The van der Waals surface area contributed by atoms with Gasteiger partial charge in [0.15, 0.2) is 0 Å². The molecular formula is C22H22Cl2CrN2-2. The van der Waals surface area contributed by atoms with Gasteiger partial charge in [-0.3, -0.25) is 0 Å². The first kappa shape index (κ1) is 21.8. The van der Waals surface area contributed by atoms with Crippen molar-refractivity contribution < 1.29 is 13.4 Å². The van der Waals surface area contributed by atoms with Crippen molar-refractivity contribution in [2.45, 2.75) is 26.2 Å². The third kappa shape index (κ3) is 6.87. The van der Waals surface area contributed by atoms with E-state index in [9.17, 15) is 0 Å². The number of aromatic nitrogens is 2. The van der Waals surface area contributed by atoms with Crippen molar-refractivity contribution in [1.82, 2.24) is 9.97 Å². The molecule has 0 spiro atoms. The molecule has 142 valence electrons. The van der Waals surface area contributed by atoms with E-state index in [4.69, 9.17) is 20.1 Å². The van der Waals surface area contributed by atoms with E-state index in [1.165, 1.54) is 16.7 Å². The third-order valence-electron chi connectivity index (χ3n) is 4.42.